The first-order valence-electron chi connectivity index (χ1n) is 12.3. The molecule has 1 saturated heterocycles. The van der Waals surface area contributed by atoms with Gasteiger partial charge >= 0.3 is 0 Å². The molecule has 6 heteroatoms. The topological polar surface area (TPSA) is 45.6 Å². The summed E-state index contributed by atoms with van der Waals surface area (Å²) in [6, 6.07) is 17.9. The van der Waals surface area contributed by atoms with E-state index in [2.05, 4.69) is 34.1 Å². The van der Waals surface area contributed by atoms with Crippen LogP contribution in [0.2, 0.25) is 0 Å². The van der Waals surface area contributed by atoms with E-state index in [9.17, 15) is 5.11 Å². The van der Waals surface area contributed by atoms with Crippen LogP contribution in [0.5, 0.6) is 5.75 Å². The van der Waals surface area contributed by atoms with Crippen molar-refractivity contribution in [1.82, 2.24) is 9.88 Å². The third kappa shape index (κ3) is 6.49. The summed E-state index contributed by atoms with van der Waals surface area (Å²) in [4.78, 5) is 8.15. The normalized spacial score (nSPS) is 19.9. The van der Waals surface area contributed by atoms with Crippen molar-refractivity contribution >= 4 is 22.7 Å². The van der Waals surface area contributed by atoms with E-state index in [1.54, 1.807) is 19.4 Å². The highest BCUT2D eigenvalue weighted by molar-refractivity contribution is 7.99. The van der Waals surface area contributed by atoms with Crippen LogP contribution in [0.1, 0.15) is 37.4 Å². The predicted molar refractivity (Wildman–Crippen MR) is 138 cm³/mol. The van der Waals surface area contributed by atoms with Gasteiger partial charge in [-0.15, -0.1) is 11.8 Å². The molecule has 0 unspecified atom stereocenters. The highest BCUT2D eigenvalue weighted by atomic mass is 32.2. The zero-order valence-corrected chi connectivity index (χ0v) is 20.7. The number of fused-ring (bicyclic) bond motifs is 1. The number of aliphatic hydroxyl groups is 1. The van der Waals surface area contributed by atoms with Gasteiger partial charge in [0.05, 0.1) is 12.6 Å². The lowest BCUT2D eigenvalue weighted by Crippen LogP contribution is -2.42. The minimum atomic E-state index is -1.05. The summed E-state index contributed by atoms with van der Waals surface area (Å²) in [7, 11) is 1.62. The van der Waals surface area contributed by atoms with E-state index in [0.29, 0.717) is 23.7 Å². The smallest absolute Gasteiger partial charge is 0.126 e. The van der Waals surface area contributed by atoms with Crippen LogP contribution in [0.25, 0.3) is 10.9 Å². The van der Waals surface area contributed by atoms with Gasteiger partial charge < -0.3 is 14.7 Å². The number of halogens is 1. The Balaban J connectivity index is 1.26. The van der Waals surface area contributed by atoms with Crippen molar-refractivity contribution in [2.75, 3.05) is 39.1 Å². The zero-order valence-electron chi connectivity index (χ0n) is 19.9. The molecule has 1 aliphatic rings. The summed E-state index contributed by atoms with van der Waals surface area (Å²) >= 11 is 1.90. The minimum Gasteiger partial charge on any atom is -0.497 e. The molecule has 4 rings (SSSR count). The van der Waals surface area contributed by atoms with Crippen LogP contribution in [-0.2, 0) is 0 Å². The standard InChI is InChI=1S/C28H35FN2O2S/c1-33-23-9-11-28-26(18-23)25(12-14-30-28)27(29)10-8-21-13-16-31(19-22(21)20-32)15-5-17-34-24-6-3-2-4-7-24/h2-4,6-7,9,11-12,14,18,21-22,27,32H,5,8,10,13,15-17,19-20H2,1H3/t21-,22-,27-/m1/s1. The third-order valence-corrected chi connectivity index (χ3v) is 8.05. The summed E-state index contributed by atoms with van der Waals surface area (Å²) in [6.07, 6.45) is 4.04. The summed E-state index contributed by atoms with van der Waals surface area (Å²) < 4.78 is 20.7. The van der Waals surface area contributed by atoms with Crippen molar-refractivity contribution in [3.05, 3.63) is 66.4 Å². The molecule has 2 heterocycles. The van der Waals surface area contributed by atoms with E-state index >= 15 is 4.39 Å². The maximum absolute atomic E-state index is 15.4. The maximum atomic E-state index is 15.4. The molecular weight excluding hydrogens is 447 g/mol. The molecule has 1 aliphatic heterocycles. The molecular formula is C28H35FN2O2S. The highest BCUT2D eigenvalue weighted by Gasteiger charge is 2.29. The number of alkyl halides is 1. The SMILES string of the molecule is COc1ccc2nccc([C@H](F)CC[C@@H]3CCN(CCCSc4ccccc4)C[C@@H]3CO)c2c1. The van der Waals surface area contributed by atoms with Crippen molar-refractivity contribution in [1.29, 1.82) is 0 Å². The molecule has 34 heavy (non-hydrogen) atoms. The fraction of sp³-hybridized carbons (Fsp3) is 0.464. The lowest BCUT2D eigenvalue weighted by Gasteiger charge is -2.38. The molecule has 3 aromatic rings. The molecule has 1 fully saturated rings. The van der Waals surface area contributed by atoms with Gasteiger partial charge in [0.2, 0.25) is 0 Å². The zero-order chi connectivity index (χ0) is 23.8. The Morgan fingerprint density at radius 2 is 2.03 bits per heavy atom. The first-order chi connectivity index (χ1) is 16.7. The Kier molecular flexibility index (Phi) is 9.19. The summed E-state index contributed by atoms with van der Waals surface area (Å²) in [6.45, 7) is 3.17. The monoisotopic (exact) mass is 482 g/mol. The van der Waals surface area contributed by atoms with Crippen molar-refractivity contribution in [2.24, 2.45) is 11.8 Å². The Morgan fingerprint density at radius 1 is 1.18 bits per heavy atom. The van der Waals surface area contributed by atoms with Gasteiger partial charge in [0.25, 0.3) is 0 Å². The second kappa shape index (κ2) is 12.5. The Bertz CT molecular complexity index is 1040. The van der Waals surface area contributed by atoms with Crippen LogP contribution in [0.3, 0.4) is 0 Å². The average molecular weight is 483 g/mol. The fourth-order valence-corrected chi connectivity index (χ4v) is 5.86. The first-order valence-corrected chi connectivity index (χ1v) is 13.2. The molecule has 1 aromatic heterocycles. The van der Waals surface area contributed by atoms with E-state index in [0.717, 1.165) is 55.6 Å². The van der Waals surface area contributed by atoms with Gasteiger partial charge in [-0.05, 0) is 98.3 Å². The van der Waals surface area contributed by atoms with Gasteiger partial charge in [-0.1, -0.05) is 18.2 Å². The van der Waals surface area contributed by atoms with Crippen molar-refractivity contribution < 1.29 is 14.2 Å². The summed E-state index contributed by atoms with van der Waals surface area (Å²) in [5.41, 5.74) is 1.46. The molecule has 0 radical (unpaired) electrons. The number of aliphatic hydroxyl groups excluding tert-OH is 1. The van der Waals surface area contributed by atoms with Crippen LogP contribution in [-0.4, -0.2) is 54.1 Å². The number of ether oxygens (including phenoxy) is 1. The molecule has 182 valence electrons. The van der Waals surface area contributed by atoms with Gasteiger partial charge in [0, 0.05) is 29.6 Å². The molecule has 0 amide bonds. The molecule has 3 atom stereocenters. The van der Waals surface area contributed by atoms with Gasteiger partial charge in [-0.3, -0.25) is 4.98 Å². The van der Waals surface area contributed by atoms with Gasteiger partial charge in [-0.2, -0.15) is 0 Å². The van der Waals surface area contributed by atoms with Crippen LogP contribution in [0.15, 0.2) is 65.7 Å². The van der Waals surface area contributed by atoms with Gasteiger partial charge in [-0.25, -0.2) is 4.39 Å². The second-order valence-corrected chi connectivity index (χ2v) is 10.3. The summed E-state index contributed by atoms with van der Waals surface area (Å²) in [5.74, 6) is 2.39. The van der Waals surface area contributed by atoms with E-state index in [1.165, 1.54) is 4.90 Å². The predicted octanol–water partition coefficient (Wildman–Crippen LogP) is 6.15. The third-order valence-electron chi connectivity index (χ3n) is 6.95. The highest BCUT2D eigenvalue weighted by Crippen LogP contribution is 2.35. The Morgan fingerprint density at radius 3 is 2.82 bits per heavy atom. The van der Waals surface area contributed by atoms with Crippen LogP contribution in [0.4, 0.5) is 4.39 Å². The van der Waals surface area contributed by atoms with Gasteiger partial charge in [0.1, 0.15) is 11.9 Å². The first kappa shape index (κ1) is 25.0. The number of pyridine rings is 1. The van der Waals surface area contributed by atoms with Crippen LogP contribution in [0, 0.1) is 11.8 Å². The number of nitrogens with zero attached hydrogens (tertiary/aromatic N) is 2. The second-order valence-electron chi connectivity index (χ2n) is 9.14. The Labute approximate surface area is 206 Å². The lowest BCUT2D eigenvalue weighted by atomic mass is 9.81. The molecule has 0 bridgehead atoms. The summed E-state index contributed by atoms with van der Waals surface area (Å²) in [5, 5.41) is 10.9. The molecule has 2 aromatic carbocycles. The molecule has 4 nitrogen and oxygen atoms in total. The van der Waals surface area contributed by atoms with Crippen molar-refractivity contribution in [3.8, 4) is 5.75 Å². The van der Waals surface area contributed by atoms with Crippen LogP contribution >= 0.6 is 11.8 Å². The maximum Gasteiger partial charge on any atom is 0.126 e. The number of likely N-dealkylation sites (tertiary alicyclic amines) is 1. The molecule has 0 aliphatic carbocycles. The van der Waals surface area contributed by atoms with Crippen LogP contribution < -0.4 is 4.74 Å². The van der Waals surface area contributed by atoms with E-state index in [1.807, 2.05) is 36.0 Å². The van der Waals surface area contributed by atoms with Crippen molar-refractivity contribution in [3.63, 3.8) is 0 Å². The lowest BCUT2D eigenvalue weighted by molar-refractivity contribution is 0.0640. The molecule has 0 saturated carbocycles. The number of piperidine rings is 1. The Hall–Kier alpha value is -2.15. The number of methoxy groups -OCH3 is 1. The largest absolute Gasteiger partial charge is 0.497 e. The van der Waals surface area contributed by atoms with E-state index < -0.39 is 6.17 Å². The number of hydrogen-bond donors (Lipinski definition) is 1. The van der Waals surface area contributed by atoms with E-state index in [4.69, 9.17) is 4.74 Å². The average Bonchev–Trinajstić information content (AvgIpc) is 2.89. The number of hydrogen-bond acceptors (Lipinski definition) is 5. The molecule has 0 spiro atoms. The number of rotatable bonds is 11. The van der Waals surface area contributed by atoms with Crippen molar-refractivity contribution in [2.45, 2.75) is 36.8 Å². The van der Waals surface area contributed by atoms with Gasteiger partial charge in [0.15, 0.2) is 0 Å². The fourth-order valence-electron chi connectivity index (χ4n) is 5.00. The number of benzene rings is 2. The quantitative estimate of drug-likeness (QED) is 0.262. The molecule has 1 N–H and O–H groups in total. The minimum absolute atomic E-state index is 0.173. The van der Waals surface area contributed by atoms with E-state index in [-0.39, 0.29) is 12.5 Å². The number of thioether (sulfide) groups is 1. The number of aromatic nitrogens is 1.